The zero-order valence-electron chi connectivity index (χ0n) is 9.73. The molecule has 0 saturated heterocycles. The van der Waals surface area contributed by atoms with E-state index in [2.05, 4.69) is 20.9 Å². The maximum Gasteiger partial charge on any atom is 0.125 e. The van der Waals surface area contributed by atoms with Gasteiger partial charge in [-0.25, -0.2) is 4.98 Å². The van der Waals surface area contributed by atoms with E-state index in [4.69, 9.17) is 0 Å². The van der Waals surface area contributed by atoms with Crippen molar-refractivity contribution in [2.24, 2.45) is 11.8 Å². The quantitative estimate of drug-likeness (QED) is 0.871. The molecular weight excluding hydrogens is 302 g/mol. The second kappa shape index (κ2) is 5.16. The van der Waals surface area contributed by atoms with Gasteiger partial charge in [-0.2, -0.15) is 0 Å². The Bertz CT molecular complexity index is 397. The van der Waals surface area contributed by atoms with Crippen molar-refractivity contribution in [3.8, 4) is 0 Å². The predicted molar refractivity (Wildman–Crippen MR) is 70.9 cm³/mol. The number of rotatable bonds is 3. The average molecular weight is 318 g/mol. The minimum atomic E-state index is -0.870. The Balaban J connectivity index is 2.09. The van der Waals surface area contributed by atoms with Crippen LogP contribution in [0.4, 0.5) is 0 Å². The Kier molecular flexibility index (Phi) is 4.00. The molecule has 1 fully saturated rings. The van der Waals surface area contributed by atoms with E-state index >= 15 is 0 Å². The van der Waals surface area contributed by atoms with Gasteiger partial charge in [-0.1, -0.05) is 0 Å². The molecule has 5 heteroatoms. The average Bonchev–Trinajstić information content (AvgIpc) is 2.77. The number of carbonyl (C=O) groups is 1. The lowest BCUT2D eigenvalue weighted by molar-refractivity contribution is -0.113. The maximum atomic E-state index is 10.7. The topological polar surface area (TPSA) is 50.2 Å². The van der Waals surface area contributed by atoms with Crippen LogP contribution in [0.2, 0.25) is 0 Å². The lowest BCUT2D eigenvalue weighted by Gasteiger charge is -2.35. The van der Waals surface area contributed by atoms with Gasteiger partial charge in [0, 0.05) is 5.92 Å². The van der Waals surface area contributed by atoms with Gasteiger partial charge in [0.25, 0.3) is 0 Å². The van der Waals surface area contributed by atoms with Crippen molar-refractivity contribution in [2.45, 2.75) is 38.2 Å². The molecule has 0 bridgehead atoms. The van der Waals surface area contributed by atoms with Crippen LogP contribution in [0.15, 0.2) is 9.98 Å². The Morgan fingerprint density at radius 2 is 2.18 bits per heavy atom. The van der Waals surface area contributed by atoms with E-state index in [1.54, 1.807) is 6.20 Å². The number of hydrogen-bond acceptors (Lipinski definition) is 4. The molecule has 0 spiro atoms. The van der Waals surface area contributed by atoms with Gasteiger partial charge in [0.15, 0.2) is 0 Å². The molecular formula is C12H16BrNO2S. The van der Waals surface area contributed by atoms with E-state index in [1.807, 2.05) is 6.92 Å². The van der Waals surface area contributed by atoms with E-state index in [0.717, 1.165) is 40.8 Å². The monoisotopic (exact) mass is 317 g/mol. The van der Waals surface area contributed by atoms with Crippen molar-refractivity contribution in [1.29, 1.82) is 0 Å². The molecule has 2 rings (SSSR count). The Labute approximate surface area is 113 Å². The van der Waals surface area contributed by atoms with Gasteiger partial charge < -0.3 is 9.90 Å². The van der Waals surface area contributed by atoms with Gasteiger partial charge in [-0.3, -0.25) is 0 Å². The lowest BCUT2D eigenvalue weighted by Crippen LogP contribution is -2.34. The van der Waals surface area contributed by atoms with Gasteiger partial charge in [-0.15, -0.1) is 11.3 Å². The first kappa shape index (κ1) is 13.2. The van der Waals surface area contributed by atoms with Crippen LogP contribution < -0.4 is 0 Å². The molecule has 1 aromatic heterocycles. The molecule has 0 aliphatic heterocycles. The third kappa shape index (κ3) is 2.77. The summed E-state index contributed by atoms with van der Waals surface area (Å²) >= 11 is 4.85. The number of aldehydes is 1. The highest BCUT2D eigenvalue weighted by Crippen LogP contribution is 2.42. The van der Waals surface area contributed by atoms with E-state index in [9.17, 15) is 9.90 Å². The number of hydrogen-bond donors (Lipinski definition) is 1. The summed E-state index contributed by atoms with van der Waals surface area (Å²) < 4.78 is 0.939. The van der Waals surface area contributed by atoms with E-state index in [0.29, 0.717) is 0 Å². The Morgan fingerprint density at radius 3 is 2.65 bits per heavy atom. The zero-order chi connectivity index (χ0) is 12.5. The number of aromatic nitrogens is 1. The van der Waals surface area contributed by atoms with Crippen molar-refractivity contribution >= 4 is 33.6 Å². The molecule has 1 unspecified atom stereocenters. The van der Waals surface area contributed by atoms with Gasteiger partial charge in [0.05, 0.1) is 9.98 Å². The number of thiazole rings is 1. The molecule has 3 nitrogen and oxygen atoms in total. The third-order valence-electron chi connectivity index (χ3n) is 3.67. The molecule has 17 heavy (non-hydrogen) atoms. The van der Waals surface area contributed by atoms with Crippen LogP contribution in [0.3, 0.4) is 0 Å². The standard InChI is InChI=1S/C12H16BrNO2S/c1-12(16,11-14-6-10(13)17-11)9-4-2-8(7-15)3-5-9/h6-9,16H,2-5H2,1H3/t8-,9-,12?. The van der Waals surface area contributed by atoms with Gasteiger partial charge in [-0.05, 0) is 54.5 Å². The van der Waals surface area contributed by atoms with Gasteiger partial charge >= 0.3 is 0 Å². The summed E-state index contributed by atoms with van der Waals surface area (Å²) in [6.45, 7) is 1.84. The molecule has 1 aliphatic rings. The van der Waals surface area contributed by atoms with E-state index in [-0.39, 0.29) is 11.8 Å². The van der Waals surface area contributed by atoms with E-state index < -0.39 is 5.60 Å². The highest BCUT2D eigenvalue weighted by Gasteiger charge is 2.38. The molecule has 1 aliphatic carbocycles. The second-order valence-electron chi connectivity index (χ2n) is 4.86. The summed E-state index contributed by atoms with van der Waals surface area (Å²) in [5, 5.41) is 11.4. The molecule has 94 valence electrons. The summed E-state index contributed by atoms with van der Waals surface area (Å²) in [4.78, 5) is 15.0. The van der Waals surface area contributed by atoms with Crippen molar-refractivity contribution < 1.29 is 9.90 Å². The van der Waals surface area contributed by atoms with Crippen molar-refractivity contribution in [1.82, 2.24) is 4.98 Å². The molecule has 1 saturated carbocycles. The third-order valence-corrected chi connectivity index (χ3v) is 5.37. The summed E-state index contributed by atoms with van der Waals surface area (Å²) in [5.74, 6) is 0.391. The zero-order valence-corrected chi connectivity index (χ0v) is 12.1. The van der Waals surface area contributed by atoms with Gasteiger partial charge in [0.1, 0.15) is 16.9 Å². The largest absolute Gasteiger partial charge is 0.383 e. The molecule has 1 heterocycles. The van der Waals surface area contributed by atoms with Crippen LogP contribution in [0.1, 0.15) is 37.6 Å². The van der Waals surface area contributed by atoms with Crippen LogP contribution in [0, 0.1) is 11.8 Å². The number of carbonyl (C=O) groups excluding carboxylic acids is 1. The smallest absolute Gasteiger partial charge is 0.125 e. The minimum absolute atomic E-state index is 0.185. The molecule has 1 N–H and O–H groups in total. The summed E-state index contributed by atoms with van der Waals surface area (Å²) in [5.41, 5.74) is -0.870. The van der Waals surface area contributed by atoms with Crippen molar-refractivity contribution in [2.75, 3.05) is 0 Å². The van der Waals surface area contributed by atoms with Crippen molar-refractivity contribution in [3.63, 3.8) is 0 Å². The SMILES string of the molecule is CC(O)(c1ncc(Br)s1)[C@H]1CC[C@H](C=O)CC1. The van der Waals surface area contributed by atoms with Crippen LogP contribution in [-0.2, 0) is 10.4 Å². The lowest BCUT2D eigenvalue weighted by atomic mass is 9.75. The Hall–Kier alpha value is -0.260. The summed E-state index contributed by atoms with van der Waals surface area (Å²) in [7, 11) is 0. The first-order valence-electron chi connectivity index (χ1n) is 5.83. The molecule has 1 aromatic rings. The highest BCUT2D eigenvalue weighted by molar-refractivity contribution is 9.11. The summed E-state index contributed by atoms with van der Waals surface area (Å²) in [6, 6.07) is 0. The molecule has 1 atom stereocenters. The Morgan fingerprint density at radius 1 is 1.53 bits per heavy atom. The number of aliphatic hydroxyl groups is 1. The van der Waals surface area contributed by atoms with Gasteiger partial charge in [0.2, 0.25) is 0 Å². The number of halogens is 1. The molecule has 0 aromatic carbocycles. The molecule has 0 amide bonds. The predicted octanol–water partition coefficient (Wildman–Crippen LogP) is 3.12. The first-order valence-corrected chi connectivity index (χ1v) is 7.44. The fourth-order valence-corrected chi connectivity index (χ4v) is 3.81. The second-order valence-corrected chi connectivity index (χ2v) is 7.27. The summed E-state index contributed by atoms with van der Waals surface area (Å²) in [6.07, 6.45) is 6.34. The van der Waals surface area contributed by atoms with Crippen LogP contribution in [0.5, 0.6) is 0 Å². The normalized spacial score (nSPS) is 28.6. The van der Waals surface area contributed by atoms with E-state index in [1.165, 1.54) is 11.3 Å². The van der Waals surface area contributed by atoms with Crippen LogP contribution in [0.25, 0.3) is 0 Å². The van der Waals surface area contributed by atoms with Crippen LogP contribution in [-0.4, -0.2) is 16.4 Å². The van der Waals surface area contributed by atoms with Crippen molar-refractivity contribution in [3.05, 3.63) is 15.0 Å². The maximum absolute atomic E-state index is 10.7. The van der Waals surface area contributed by atoms with Crippen LogP contribution >= 0.6 is 27.3 Å². The fraction of sp³-hybridized carbons (Fsp3) is 0.667. The fourth-order valence-electron chi connectivity index (χ4n) is 2.48. The first-order chi connectivity index (χ1) is 8.04. The molecule has 0 radical (unpaired) electrons. The highest BCUT2D eigenvalue weighted by atomic mass is 79.9. The minimum Gasteiger partial charge on any atom is -0.383 e. The number of nitrogens with zero attached hydrogens (tertiary/aromatic N) is 1.